The van der Waals surface area contributed by atoms with Crippen molar-refractivity contribution in [2.45, 2.75) is 25.4 Å². The molecule has 1 unspecified atom stereocenters. The minimum atomic E-state index is -4.29. The fourth-order valence-corrected chi connectivity index (χ4v) is 2.11. The molecule has 0 radical (unpaired) electrons. The number of nitrogens with one attached hydrogen (secondary N) is 1. The van der Waals surface area contributed by atoms with Gasteiger partial charge in [0.05, 0.1) is 5.56 Å². The Kier molecular flexibility index (Phi) is 3.66. The van der Waals surface area contributed by atoms with Gasteiger partial charge in [0.2, 0.25) is 0 Å². The van der Waals surface area contributed by atoms with E-state index in [0.29, 0.717) is 5.92 Å². The number of piperidine rings is 1. The molecule has 1 N–H and O–H groups in total. The van der Waals surface area contributed by atoms with Crippen LogP contribution in [0.5, 0.6) is 0 Å². The van der Waals surface area contributed by atoms with Crippen LogP contribution in [0.3, 0.4) is 0 Å². The third kappa shape index (κ3) is 3.43. The normalized spacial score (nSPS) is 21.5. The van der Waals surface area contributed by atoms with Gasteiger partial charge in [-0.15, -0.1) is 0 Å². The molecule has 2 heterocycles. The summed E-state index contributed by atoms with van der Waals surface area (Å²) in [5.41, 5.74) is 0.0646. The zero-order valence-electron chi connectivity index (χ0n) is 9.43. The van der Waals surface area contributed by atoms with Crippen molar-refractivity contribution in [3.63, 3.8) is 0 Å². The summed E-state index contributed by atoms with van der Waals surface area (Å²) in [6.45, 7) is 1.97. The van der Waals surface area contributed by atoms with Crippen LogP contribution >= 0.6 is 0 Å². The van der Waals surface area contributed by atoms with Crippen LogP contribution < -0.4 is 5.32 Å². The van der Waals surface area contributed by atoms with Crippen LogP contribution in [0.2, 0.25) is 0 Å². The predicted octanol–water partition coefficient (Wildman–Crippen LogP) is 2.64. The molecule has 0 bridgehead atoms. The maximum atomic E-state index is 12.3. The van der Waals surface area contributed by atoms with E-state index in [1.807, 2.05) is 0 Å². The number of aromatic nitrogens is 1. The first kappa shape index (κ1) is 12.4. The Morgan fingerprint density at radius 3 is 2.71 bits per heavy atom. The predicted molar refractivity (Wildman–Crippen MR) is 58.5 cm³/mol. The summed E-state index contributed by atoms with van der Waals surface area (Å²) in [6, 6.07) is 2.59. The Balaban J connectivity index is 1.98. The van der Waals surface area contributed by atoms with E-state index >= 15 is 0 Å². The van der Waals surface area contributed by atoms with Gasteiger partial charge in [0, 0.05) is 11.9 Å². The monoisotopic (exact) mass is 244 g/mol. The first-order valence-electron chi connectivity index (χ1n) is 5.78. The van der Waals surface area contributed by atoms with Crippen molar-refractivity contribution in [2.24, 2.45) is 5.92 Å². The van der Waals surface area contributed by atoms with Gasteiger partial charge in [-0.2, -0.15) is 13.2 Å². The van der Waals surface area contributed by atoms with Crippen LogP contribution in [-0.2, 0) is 12.6 Å². The second-order valence-corrected chi connectivity index (χ2v) is 4.45. The van der Waals surface area contributed by atoms with E-state index in [4.69, 9.17) is 0 Å². The standard InChI is InChI=1S/C12H15F3N2/c13-12(14,15)10-3-4-11(17-8-10)6-9-2-1-5-16-7-9/h3-4,8-9,16H,1-2,5-7H2. The van der Waals surface area contributed by atoms with Crippen molar-refractivity contribution in [1.82, 2.24) is 10.3 Å². The average Bonchev–Trinajstić information content (AvgIpc) is 2.30. The quantitative estimate of drug-likeness (QED) is 0.865. The molecule has 0 aliphatic carbocycles. The Morgan fingerprint density at radius 2 is 2.18 bits per heavy atom. The van der Waals surface area contributed by atoms with Gasteiger partial charge < -0.3 is 5.32 Å². The SMILES string of the molecule is FC(F)(F)c1ccc(CC2CCCNC2)nc1. The summed E-state index contributed by atoms with van der Waals surface area (Å²) >= 11 is 0. The number of pyridine rings is 1. The summed E-state index contributed by atoms with van der Waals surface area (Å²) in [5.74, 6) is 0.494. The van der Waals surface area contributed by atoms with Crippen molar-refractivity contribution in [3.05, 3.63) is 29.6 Å². The maximum absolute atomic E-state index is 12.3. The highest BCUT2D eigenvalue weighted by atomic mass is 19.4. The molecule has 2 nitrogen and oxygen atoms in total. The first-order chi connectivity index (χ1) is 8.05. The fraction of sp³-hybridized carbons (Fsp3) is 0.583. The van der Waals surface area contributed by atoms with Crippen molar-refractivity contribution in [3.8, 4) is 0 Å². The summed E-state index contributed by atoms with van der Waals surface area (Å²) in [5, 5.41) is 3.28. The third-order valence-electron chi connectivity index (χ3n) is 3.05. The fourth-order valence-electron chi connectivity index (χ4n) is 2.11. The lowest BCUT2D eigenvalue weighted by Crippen LogP contribution is -2.31. The average molecular weight is 244 g/mol. The van der Waals surface area contributed by atoms with Gasteiger partial charge in [-0.1, -0.05) is 0 Å². The van der Waals surface area contributed by atoms with Crippen LogP contribution in [0.1, 0.15) is 24.1 Å². The molecular weight excluding hydrogens is 229 g/mol. The lowest BCUT2D eigenvalue weighted by molar-refractivity contribution is -0.137. The zero-order chi connectivity index (χ0) is 12.3. The van der Waals surface area contributed by atoms with Crippen LogP contribution in [0.4, 0.5) is 13.2 Å². The van der Waals surface area contributed by atoms with E-state index in [1.54, 1.807) is 0 Å². The minimum Gasteiger partial charge on any atom is -0.316 e. The molecule has 1 aliphatic heterocycles. The highest BCUT2D eigenvalue weighted by molar-refractivity contribution is 5.17. The first-order valence-corrected chi connectivity index (χ1v) is 5.78. The van der Waals surface area contributed by atoms with Gasteiger partial charge in [-0.3, -0.25) is 4.98 Å². The van der Waals surface area contributed by atoms with Crippen molar-refractivity contribution in [1.29, 1.82) is 0 Å². The van der Waals surface area contributed by atoms with Gasteiger partial charge in [-0.05, 0) is 50.4 Å². The van der Waals surface area contributed by atoms with Crippen LogP contribution in [0.25, 0.3) is 0 Å². The zero-order valence-corrected chi connectivity index (χ0v) is 9.43. The molecule has 0 aromatic carbocycles. The smallest absolute Gasteiger partial charge is 0.316 e. The van der Waals surface area contributed by atoms with E-state index < -0.39 is 11.7 Å². The Hall–Kier alpha value is -1.10. The Morgan fingerprint density at radius 1 is 1.35 bits per heavy atom. The van der Waals surface area contributed by atoms with Gasteiger partial charge >= 0.3 is 6.18 Å². The topological polar surface area (TPSA) is 24.9 Å². The van der Waals surface area contributed by atoms with Crippen LogP contribution in [0, 0.1) is 5.92 Å². The molecule has 0 amide bonds. The van der Waals surface area contributed by atoms with E-state index in [0.717, 1.165) is 50.3 Å². The highest BCUT2D eigenvalue weighted by Crippen LogP contribution is 2.28. The van der Waals surface area contributed by atoms with Crippen molar-refractivity contribution >= 4 is 0 Å². The van der Waals surface area contributed by atoms with E-state index in [-0.39, 0.29) is 0 Å². The molecule has 5 heteroatoms. The number of nitrogens with zero attached hydrogens (tertiary/aromatic N) is 1. The van der Waals surface area contributed by atoms with Gasteiger partial charge in [0.15, 0.2) is 0 Å². The summed E-state index contributed by atoms with van der Waals surface area (Å²) in [4.78, 5) is 3.89. The van der Waals surface area contributed by atoms with Gasteiger partial charge in [0.25, 0.3) is 0 Å². The molecular formula is C12H15F3N2. The van der Waals surface area contributed by atoms with E-state index in [2.05, 4.69) is 10.3 Å². The third-order valence-corrected chi connectivity index (χ3v) is 3.05. The second kappa shape index (κ2) is 5.04. The van der Waals surface area contributed by atoms with Crippen LogP contribution in [-0.4, -0.2) is 18.1 Å². The number of rotatable bonds is 2. The summed E-state index contributed by atoms with van der Waals surface area (Å²) in [6.07, 6.45) is -0.365. The highest BCUT2D eigenvalue weighted by Gasteiger charge is 2.30. The summed E-state index contributed by atoms with van der Waals surface area (Å²) in [7, 11) is 0. The largest absolute Gasteiger partial charge is 0.417 e. The molecule has 0 saturated carbocycles. The molecule has 94 valence electrons. The minimum absolute atomic E-state index is 0.494. The molecule has 17 heavy (non-hydrogen) atoms. The number of alkyl halides is 3. The molecule has 1 aromatic rings. The molecule has 1 aromatic heterocycles. The van der Waals surface area contributed by atoms with E-state index in [9.17, 15) is 13.2 Å². The molecule has 0 spiro atoms. The number of hydrogen-bond donors (Lipinski definition) is 1. The Labute approximate surface area is 98.2 Å². The van der Waals surface area contributed by atoms with E-state index in [1.165, 1.54) is 6.07 Å². The van der Waals surface area contributed by atoms with Gasteiger partial charge in [-0.25, -0.2) is 0 Å². The summed E-state index contributed by atoms with van der Waals surface area (Å²) < 4.78 is 37.0. The van der Waals surface area contributed by atoms with Crippen molar-refractivity contribution < 1.29 is 13.2 Å². The van der Waals surface area contributed by atoms with Gasteiger partial charge in [0.1, 0.15) is 0 Å². The molecule has 1 atom stereocenters. The molecule has 1 aliphatic rings. The number of hydrogen-bond acceptors (Lipinski definition) is 2. The van der Waals surface area contributed by atoms with Crippen molar-refractivity contribution in [2.75, 3.05) is 13.1 Å². The Bertz CT molecular complexity index is 353. The maximum Gasteiger partial charge on any atom is 0.417 e. The van der Waals surface area contributed by atoms with Crippen LogP contribution in [0.15, 0.2) is 18.3 Å². The molecule has 1 fully saturated rings. The number of halogens is 3. The molecule has 2 rings (SSSR count). The lowest BCUT2D eigenvalue weighted by atomic mass is 9.94. The lowest BCUT2D eigenvalue weighted by Gasteiger charge is -2.22. The second-order valence-electron chi connectivity index (χ2n) is 4.45. The molecule has 1 saturated heterocycles.